The zero-order valence-corrected chi connectivity index (χ0v) is 8.57. The summed E-state index contributed by atoms with van der Waals surface area (Å²) in [5.41, 5.74) is 8.82. The number of nitrogens with one attached hydrogen (secondary N) is 1. The maximum atomic E-state index is 6.79. The number of nitrogens with zero attached hydrogens (tertiary/aromatic N) is 2. The van der Waals surface area contributed by atoms with Gasteiger partial charge in [-0.3, -0.25) is 0 Å². The van der Waals surface area contributed by atoms with Crippen molar-refractivity contribution in [3.05, 3.63) is 47.6 Å². The second-order valence-corrected chi connectivity index (χ2v) is 3.46. The molecule has 2 aromatic rings. The fraction of sp³-hybridized carbons (Fsp3) is 0. The molecule has 0 fully saturated rings. The molecule has 0 aliphatic heterocycles. The lowest BCUT2D eigenvalue weighted by atomic mass is 10.1. The van der Waals surface area contributed by atoms with E-state index in [9.17, 15) is 0 Å². The van der Waals surface area contributed by atoms with Crippen LogP contribution in [0.4, 0.5) is 5.82 Å². The van der Waals surface area contributed by atoms with Gasteiger partial charge in [-0.1, -0.05) is 23.7 Å². The number of rotatable bonds is 2. The van der Waals surface area contributed by atoms with Gasteiger partial charge in [0.05, 0.1) is 0 Å². The molecule has 15 heavy (non-hydrogen) atoms. The SMILES string of the molecule is N=Nc1ccc(-c2ccc(Cl)cc2)cn1. The van der Waals surface area contributed by atoms with Crippen LogP contribution in [0.5, 0.6) is 0 Å². The summed E-state index contributed by atoms with van der Waals surface area (Å²) in [5.74, 6) is 0.410. The first kappa shape index (κ1) is 9.80. The Labute approximate surface area is 92.2 Å². The Morgan fingerprint density at radius 2 is 1.67 bits per heavy atom. The Bertz CT molecular complexity index is 462. The summed E-state index contributed by atoms with van der Waals surface area (Å²) in [6.45, 7) is 0. The molecule has 0 radical (unpaired) electrons. The summed E-state index contributed by atoms with van der Waals surface area (Å²) in [6.07, 6.45) is 1.69. The van der Waals surface area contributed by atoms with Crippen LogP contribution in [0.15, 0.2) is 47.7 Å². The monoisotopic (exact) mass is 217 g/mol. The van der Waals surface area contributed by atoms with E-state index in [-0.39, 0.29) is 0 Å². The van der Waals surface area contributed by atoms with E-state index in [0.717, 1.165) is 11.1 Å². The van der Waals surface area contributed by atoms with E-state index < -0.39 is 0 Å². The Morgan fingerprint density at radius 1 is 1.00 bits per heavy atom. The van der Waals surface area contributed by atoms with Gasteiger partial charge in [0.1, 0.15) is 0 Å². The van der Waals surface area contributed by atoms with Crippen molar-refractivity contribution in [3.8, 4) is 11.1 Å². The summed E-state index contributed by atoms with van der Waals surface area (Å²) < 4.78 is 0. The van der Waals surface area contributed by atoms with Gasteiger partial charge in [0.25, 0.3) is 0 Å². The van der Waals surface area contributed by atoms with Crippen LogP contribution in [0, 0.1) is 5.53 Å². The van der Waals surface area contributed by atoms with Crippen molar-refractivity contribution in [1.82, 2.24) is 4.98 Å². The molecule has 1 N–H and O–H groups in total. The summed E-state index contributed by atoms with van der Waals surface area (Å²) >= 11 is 5.79. The van der Waals surface area contributed by atoms with Crippen LogP contribution in [-0.2, 0) is 0 Å². The molecule has 0 saturated carbocycles. The van der Waals surface area contributed by atoms with Gasteiger partial charge in [-0.15, -0.1) is 5.11 Å². The number of benzene rings is 1. The van der Waals surface area contributed by atoms with Crippen LogP contribution in [0.3, 0.4) is 0 Å². The quantitative estimate of drug-likeness (QED) is 0.758. The molecule has 0 aliphatic rings. The van der Waals surface area contributed by atoms with Gasteiger partial charge in [0.15, 0.2) is 5.82 Å². The minimum absolute atomic E-state index is 0.410. The highest BCUT2D eigenvalue weighted by Crippen LogP contribution is 2.22. The minimum atomic E-state index is 0.410. The number of hydrogen-bond donors (Lipinski definition) is 1. The smallest absolute Gasteiger partial charge is 0.173 e. The third kappa shape index (κ3) is 2.19. The van der Waals surface area contributed by atoms with Gasteiger partial charge >= 0.3 is 0 Å². The summed E-state index contributed by atoms with van der Waals surface area (Å²) in [4.78, 5) is 4.01. The second-order valence-electron chi connectivity index (χ2n) is 3.02. The molecule has 0 saturated heterocycles. The van der Waals surface area contributed by atoms with Crippen LogP contribution >= 0.6 is 11.6 Å². The third-order valence-corrected chi connectivity index (χ3v) is 2.29. The zero-order chi connectivity index (χ0) is 10.7. The van der Waals surface area contributed by atoms with Crippen molar-refractivity contribution in [2.75, 3.05) is 0 Å². The predicted octanol–water partition coefficient (Wildman–Crippen LogP) is 4.06. The van der Waals surface area contributed by atoms with Crippen LogP contribution in [-0.4, -0.2) is 4.98 Å². The molecule has 1 heterocycles. The van der Waals surface area contributed by atoms with Gasteiger partial charge < -0.3 is 0 Å². The summed E-state index contributed by atoms with van der Waals surface area (Å²) in [5, 5.41) is 3.95. The topological polar surface area (TPSA) is 49.1 Å². The first-order valence-electron chi connectivity index (χ1n) is 4.39. The first-order valence-corrected chi connectivity index (χ1v) is 4.77. The molecule has 1 aromatic heterocycles. The molecule has 1 aromatic carbocycles. The van der Waals surface area contributed by atoms with Crippen molar-refractivity contribution >= 4 is 17.4 Å². The van der Waals surface area contributed by atoms with E-state index in [2.05, 4.69) is 10.1 Å². The van der Waals surface area contributed by atoms with Crippen LogP contribution in [0.25, 0.3) is 11.1 Å². The molecule has 4 heteroatoms. The molecule has 2 rings (SSSR count). The van der Waals surface area contributed by atoms with E-state index in [1.165, 1.54) is 0 Å². The van der Waals surface area contributed by atoms with Crippen molar-refractivity contribution in [2.24, 2.45) is 5.11 Å². The number of hydrogen-bond acceptors (Lipinski definition) is 3. The molecule has 3 nitrogen and oxygen atoms in total. The van der Waals surface area contributed by atoms with Crippen molar-refractivity contribution in [1.29, 1.82) is 5.53 Å². The molecule has 0 unspecified atom stereocenters. The third-order valence-electron chi connectivity index (χ3n) is 2.04. The van der Waals surface area contributed by atoms with Crippen LogP contribution in [0.2, 0.25) is 5.02 Å². The number of halogens is 1. The van der Waals surface area contributed by atoms with Gasteiger partial charge in [-0.2, -0.15) is 0 Å². The number of aromatic nitrogens is 1. The Morgan fingerprint density at radius 3 is 2.20 bits per heavy atom. The maximum absolute atomic E-state index is 6.79. The molecule has 0 atom stereocenters. The lowest BCUT2D eigenvalue weighted by Crippen LogP contribution is -1.79. The van der Waals surface area contributed by atoms with E-state index in [0.29, 0.717) is 10.8 Å². The van der Waals surface area contributed by atoms with Crippen molar-refractivity contribution < 1.29 is 0 Å². The maximum Gasteiger partial charge on any atom is 0.173 e. The fourth-order valence-electron chi connectivity index (χ4n) is 1.27. The largest absolute Gasteiger partial charge is 0.235 e. The average molecular weight is 218 g/mol. The minimum Gasteiger partial charge on any atom is -0.235 e. The lowest BCUT2D eigenvalue weighted by Gasteiger charge is -2.00. The highest BCUT2D eigenvalue weighted by atomic mass is 35.5. The molecule has 0 bridgehead atoms. The second kappa shape index (κ2) is 4.19. The normalized spacial score (nSPS) is 9.93. The molecular weight excluding hydrogens is 210 g/mol. The Hall–Kier alpha value is -1.74. The lowest BCUT2D eigenvalue weighted by molar-refractivity contribution is 1.09. The van der Waals surface area contributed by atoms with Gasteiger partial charge in [-0.05, 0) is 29.8 Å². The summed E-state index contributed by atoms with van der Waals surface area (Å²) in [6, 6.07) is 11.1. The molecule has 0 spiro atoms. The van der Waals surface area contributed by atoms with Gasteiger partial charge in [-0.25, -0.2) is 10.5 Å². The molecule has 74 valence electrons. The van der Waals surface area contributed by atoms with Crippen LogP contribution < -0.4 is 0 Å². The average Bonchev–Trinajstić information content (AvgIpc) is 2.30. The zero-order valence-electron chi connectivity index (χ0n) is 7.81. The van der Waals surface area contributed by atoms with E-state index in [1.54, 1.807) is 12.3 Å². The molecule has 0 amide bonds. The summed E-state index contributed by atoms with van der Waals surface area (Å²) in [7, 11) is 0. The van der Waals surface area contributed by atoms with E-state index in [4.69, 9.17) is 17.1 Å². The standard InChI is InChI=1S/C11H8ClN3/c12-10-4-1-8(2-5-10)9-3-6-11(15-13)14-7-9/h1-7,13H. The Balaban J connectivity index is 2.37. The van der Waals surface area contributed by atoms with Gasteiger partial charge in [0.2, 0.25) is 0 Å². The van der Waals surface area contributed by atoms with Crippen molar-refractivity contribution in [3.63, 3.8) is 0 Å². The highest BCUT2D eigenvalue weighted by molar-refractivity contribution is 6.30. The fourth-order valence-corrected chi connectivity index (χ4v) is 1.39. The predicted molar refractivity (Wildman–Crippen MR) is 59.5 cm³/mol. The van der Waals surface area contributed by atoms with Crippen LogP contribution in [0.1, 0.15) is 0 Å². The molecule has 0 aliphatic carbocycles. The number of pyridine rings is 1. The van der Waals surface area contributed by atoms with Crippen molar-refractivity contribution in [2.45, 2.75) is 0 Å². The first-order chi connectivity index (χ1) is 7.29. The Kier molecular flexibility index (Phi) is 2.74. The molecular formula is C11H8ClN3. The highest BCUT2D eigenvalue weighted by Gasteiger charge is 1.98. The van der Waals surface area contributed by atoms with E-state index in [1.807, 2.05) is 30.3 Å². The van der Waals surface area contributed by atoms with E-state index >= 15 is 0 Å². The van der Waals surface area contributed by atoms with Gasteiger partial charge in [0, 0.05) is 16.8 Å².